The second-order valence-electron chi connectivity index (χ2n) is 4.33. The van der Waals surface area contributed by atoms with E-state index in [1.807, 2.05) is 17.5 Å². The summed E-state index contributed by atoms with van der Waals surface area (Å²) in [5.41, 5.74) is 0. The molecule has 3 rings (SSSR count). The first-order valence-electron chi connectivity index (χ1n) is 6.61. The van der Waals surface area contributed by atoms with Gasteiger partial charge in [0.1, 0.15) is 0 Å². The number of hydrogen-bond acceptors (Lipinski definition) is 6. The fraction of sp³-hybridized carbons (Fsp3) is 0.214. The molecule has 0 spiro atoms. The van der Waals surface area contributed by atoms with E-state index in [4.69, 9.17) is 4.74 Å². The van der Waals surface area contributed by atoms with Gasteiger partial charge in [0.05, 0.1) is 13.2 Å². The molecule has 0 unspecified atom stereocenters. The number of halogens is 1. The fourth-order valence-corrected chi connectivity index (χ4v) is 3.18. The van der Waals surface area contributed by atoms with E-state index >= 15 is 0 Å². The minimum atomic E-state index is -0.352. The van der Waals surface area contributed by atoms with Crippen molar-refractivity contribution in [3.63, 3.8) is 0 Å². The van der Waals surface area contributed by atoms with Crippen LogP contribution in [-0.4, -0.2) is 32.6 Å². The zero-order valence-corrected chi connectivity index (χ0v) is 13.2. The van der Waals surface area contributed by atoms with Crippen molar-refractivity contribution < 1.29 is 9.13 Å². The molecule has 3 aromatic rings. The molecule has 114 valence electrons. The maximum atomic E-state index is 13.4. The van der Waals surface area contributed by atoms with Crippen molar-refractivity contribution in [2.75, 3.05) is 12.4 Å². The number of rotatable bonds is 7. The van der Waals surface area contributed by atoms with Gasteiger partial charge in [-0.1, -0.05) is 30.0 Å². The minimum Gasteiger partial charge on any atom is -0.490 e. The molecule has 0 bridgehead atoms. The molecule has 0 fully saturated rings. The third-order valence-corrected chi connectivity index (χ3v) is 4.58. The third-order valence-electron chi connectivity index (χ3n) is 2.79. The molecule has 0 atom stereocenters. The first-order chi connectivity index (χ1) is 10.8. The van der Waals surface area contributed by atoms with Gasteiger partial charge in [0.15, 0.2) is 11.6 Å². The van der Waals surface area contributed by atoms with E-state index in [9.17, 15) is 4.39 Å². The van der Waals surface area contributed by atoms with Crippen LogP contribution in [0.4, 0.5) is 4.39 Å². The lowest BCUT2D eigenvalue weighted by atomic mass is 10.3. The zero-order chi connectivity index (χ0) is 15.2. The highest BCUT2D eigenvalue weighted by atomic mass is 32.2. The van der Waals surface area contributed by atoms with E-state index < -0.39 is 0 Å². The summed E-state index contributed by atoms with van der Waals surface area (Å²) in [4.78, 5) is 1.19. The van der Waals surface area contributed by atoms with Crippen LogP contribution in [0.15, 0.2) is 46.9 Å². The second kappa shape index (κ2) is 7.37. The summed E-state index contributed by atoms with van der Waals surface area (Å²) in [5, 5.41) is 14.4. The maximum absolute atomic E-state index is 13.4. The molecular weight excluding hydrogens is 323 g/mol. The summed E-state index contributed by atoms with van der Waals surface area (Å²) in [7, 11) is 0. The Morgan fingerprint density at radius 1 is 1.23 bits per heavy atom. The Bertz CT molecular complexity index is 717. The van der Waals surface area contributed by atoms with Gasteiger partial charge in [0, 0.05) is 10.6 Å². The summed E-state index contributed by atoms with van der Waals surface area (Å²) in [6, 6.07) is 10.4. The minimum absolute atomic E-state index is 0.265. The molecule has 1 aromatic carbocycles. The lowest BCUT2D eigenvalue weighted by Gasteiger charge is -2.06. The lowest BCUT2D eigenvalue weighted by molar-refractivity contribution is 0.324. The van der Waals surface area contributed by atoms with Crippen LogP contribution in [0.25, 0.3) is 0 Å². The molecule has 22 heavy (non-hydrogen) atoms. The average Bonchev–Trinajstić information content (AvgIpc) is 3.18. The third kappa shape index (κ3) is 3.83. The predicted octanol–water partition coefficient (Wildman–Crippen LogP) is 3.09. The summed E-state index contributed by atoms with van der Waals surface area (Å²) in [6.07, 6.45) is 0. The van der Waals surface area contributed by atoms with E-state index in [-0.39, 0.29) is 11.6 Å². The number of aromatic nitrogens is 4. The van der Waals surface area contributed by atoms with Crippen LogP contribution in [0.3, 0.4) is 0 Å². The maximum Gasteiger partial charge on any atom is 0.209 e. The number of ether oxygens (including phenoxy) is 1. The molecule has 0 amide bonds. The molecule has 2 aromatic heterocycles. The van der Waals surface area contributed by atoms with Crippen LogP contribution in [0, 0.1) is 5.82 Å². The van der Waals surface area contributed by atoms with Crippen molar-refractivity contribution in [1.82, 2.24) is 20.2 Å². The number of para-hydroxylation sites is 1. The molecule has 2 heterocycles. The first kappa shape index (κ1) is 15.0. The quantitative estimate of drug-likeness (QED) is 0.490. The van der Waals surface area contributed by atoms with E-state index in [1.54, 1.807) is 34.2 Å². The van der Waals surface area contributed by atoms with Crippen LogP contribution in [0.1, 0.15) is 4.88 Å². The molecule has 0 aliphatic carbocycles. The van der Waals surface area contributed by atoms with Crippen molar-refractivity contribution in [3.05, 3.63) is 52.5 Å². The van der Waals surface area contributed by atoms with E-state index in [1.165, 1.54) is 22.7 Å². The molecule has 0 saturated carbocycles. The Morgan fingerprint density at radius 2 is 2.14 bits per heavy atom. The summed E-state index contributed by atoms with van der Waals surface area (Å²) in [6.45, 7) is 1.04. The van der Waals surface area contributed by atoms with Crippen molar-refractivity contribution in [2.45, 2.75) is 11.7 Å². The summed E-state index contributed by atoms with van der Waals surface area (Å²) in [5.74, 6) is 0.551. The normalized spacial score (nSPS) is 10.8. The first-order valence-corrected chi connectivity index (χ1v) is 8.48. The summed E-state index contributed by atoms with van der Waals surface area (Å²) >= 11 is 3.15. The van der Waals surface area contributed by atoms with Crippen molar-refractivity contribution >= 4 is 23.1 Å². The number of nitrogens with zero attached hydrogens (tertiary/aromatic N) is 4. The molecule has 0 saturated heterocycles. The average molecular weight is 336 g/mol. The topological polar surface area (TPSA) is 52.8 Å². The molecule has 0 N–H and O–H groups in total. The molecule has 5 nitrogen and oxygen atoms in total. The van der Waals surface area contributed by atoms with Gasteiger partial charge >= 0.3 is 0 Å². The fourth-order valence-electron chi connectivity index (χ4n) is 1.80. The van der Waals surface area contributed by atoms with Gasteiger partial charge in [-0.3, -0.25) is 0 Å². The Balaban J connectivity index is 1.50. The second-order valence-corrected chi connectivity index (χ2v) is 6.42. The monoisotopic (exact) mass is 336 g/mol. The Hall–Kier alpha value is -1.93. The largest absolute Gasteiger partial charge is 0.490 e. The van der Waals surface area contributed by atoms with E-state index in [0.717, 1.165) is 5.16 Å². The van der Waals surface area contributed by atoms with Gasteiger partial charge in [0.25, 0.3) is 0 Å². The number of benzene rings is 1. The van der Waals surface area contributed by atoms with E-state index in [0.29, 0.717) is 18.9 Å². The van der Waals surface area contributed by atoms with E-state index in [2.05, 4.69) is 15.5 Å². The number of thioether (sulfide) groups is 1. The van der Waals surface area contributed by atoms with Gasteiger partial charge in [0.2, 0.25) is 5.16 Å². The summed E-state index contributed by atoms with van der Waals surface area (Å²) < 4.78 is 20.6. The standard InChI is InChI=1S/C14H13FN4OS2/c15-12-5-1-2-6-13(12)20-7-9-22-14-16-17-18-19(14)10-11-4-3-8-21-11/h1-6,8H,7,9-10H2. The smallest absolute Gasteiger partial charge is 0.209 e. The van der Waals surface area contributed by atoms with Gasteiger partial charge in [-0.2, -0.15) is 0 Å². The van der Waals surface area contributed by atoms with Crippen LogP contribution in [-0.2, 0) is 6.54 Å². The van der Waals surface area contributed by atoms with Crippen molar-refractivity contribution in [2.24, 2.45) is 0 Å². The van der Waals surface area contributed by atoms with Crippen molar-refractivity contribution in [1.29, 1.82) is 0 Å². The molecule has 0 aliphatic rings. The van der Waals surface area contributed by atoms with Gasteiger partial charge < -0.3 is 4.74 Å². The van der Waals surface area contributed by atoms with Crippen LogP contribution in [0.5, 0.6) is 5.75 Å². The van der Waals surface area contributed by atoms with Crippen molar-refractivity contribution in [3.8, 4) is 5.75 Å². The lowest BCUT2D eigenvalue weighted by Crippen LogP contribution is -2.05. The Morgan fingerprint density at radius 3 is 2.95 bits per heavy atom. The van der Waals surface area contributed by atoms with Gasteiger partial charge in [-0.05, 0) is 34.0 Å². The predicted molar refractivity (Wildman–Crippen MR) is 83.9 cm³/mol. The van der Waals surface area contributed by atoms with Gasteiger partial charge in [-0.25, -0.2) is 9.07 Å². The Labute approximate surface area is 135 Å². The highest BCUT2D eigenvalue weighted by molar-refractivity contribution is 7.99. The van der Waals surface area contributed by atoms with Gasteiger partial charge in [-0.15, -0.1) is 16.4 Å². The van der Waals surface area contributed by atoms with Crippen LogP contribution < -0.4 is 4.74 Å². The van der Waals surface area contributed by atoms with Crippen LogP contribution >= 0.6 is 23.1 Å². The molecular formula is C14H13FN4OS2. The number of thiophene rings is 1. The zero-order valence-electron chi connectivity index (χ0n) is 11.6. The number of hydrogen-bond donors (Lipinski definition) is 0. The highest BCUT2D eigenvalue weighted by Gasteiger charge is 2.08. The molecule has 0 radical (unpaired) electrons. The molecule has 0 aliphatic heterocycles. The van der Waals surface area contributed by atoms with Crippen LogP contribution in [0.2, 0.25) is 0 Å². The number of tetrazole rings is 1. The SMILES string of the molecule is Fc1ccccc1OCCSc1nnnn1Cc1cccs1. The molecule has 8 heteroatoms. The Kier molecular flexibility index (Phi) is 5.02. The highest BCUT2D eigenvalue weighted by Crippen LogP contribution is 2.19.